The minimum Gasteiger partial charge on any atom is -0.316 e. The van der Waals surface area contributed by atoms with Crippen molar-refractivity contribution < 1.29 is 8.42 Å². The lowest BCUT2D eigenvalue weighted by molar-refractivity contribution is 0.476. The van der Waals surface area contributed by atoms with E-state index >= 15 is 0 Å². The lowest BCUT2D eigenvalue weighted by Crippen LogP contribution is -2.29. The van der Waals surface area contributed by atoms with E-state index in [1.165, 1.54) is 11.3 Å². The minimum absolute atomic E-state index is 0.233. The standard InChI is InChI=1S/C15H26N2O2S2/c1-3-10-16-11-7-13-5-6-14(20-13)21(18,19)17-12-15(4-2)8-9-15/h5-6,16-17H,3-4,7-12H2,1-2H3. The average Bonchev–Trinajstić information content (AvgIpc) is 3.10. The zero-order valence-corrected chi connectivity index (χ0v) is 14.6. The molecule has 0 amide bonds. The third kappa shape index (κ3) is 4.77. The van der Waals surface area contributed by atoms with Gasteiger partial charge >= 0.3 is 0 Å². The topological polar surface area (TPSA) is 58.2 Å². The summed E-state index contributed by atoms with van der Waals surface area (Å²) in [5.74, 6) is 0. The second-order valence-corrected chi connectivity index (χ2v) is 9.06. The SMILES string of the molecule is CCCNCCc1ccc(S(=O)(=O)NCC2(CC)CC2)s1. The maximum absolute atomic E-state index is 12.3. The van der Waals surface area contributed by atoms with Gasteiger partial charge in [-0.15, -0.1) is 11.3 Å². The summed E-state index contributed by atoms with van der Waals surface area (Å²) < 4.78 is 27.8. The van der Waals surface area contributed by atoms with Gasteiger partial charge in [-0.25, -0.2) is 13.1 Å². The molecule has 2 N–H and O–H groups in total. The van der Waals surface area contributed by atoms with Gasteiger partial charge < -0.3 is 5.32 Å². The van der Waals surface area contributed by atoms with E-state index < -0.39 is 10.0 Å². The molecule has 1 aromatic rings. The first-order valence-electron chi connectivity index (χ1n) is 7.80. The Morgan fingerprint density at radius 1 is 1.24 bits per heavy atom. The fraction of sp³-hybridized carbons (Fsp3) is 0.733. The number of rotatable bonds is 10. The van der Waals surface area contributed by atoms with Gasteiger partial charge in [-0.3, -0.25) is 0 Å². The van der Waals surface area contributed by atoms with Crippen molar-refractivity contribution in [3.63, 3.8) is 0 Å². The minimum atomic E-state index is -3.33. The zero-order valence-electron chi connectivity index (χ0n) is 12.9. The summed E-state index contributed by atoms with van der Waals surface area (Å²) in [7, 11) is -3.33. The van der Waals surface area contributed by atoms with Gasteiger partial charge in [-0.1, -0.05) is 13.8 Å². The summed E-state index contributed by atoms with van der Waals surface area (Å²) in [6.45, 7) is 6.76. The van der Waals surface area contributed by atoms with Crippen LogP contribution in [0.5, 0.6) is 0 Å². The average molecular weight is 331 g/mol. The van der Waals surface area contributed by atoms with Crippen LogP contribution in [0.1, 0.15) is 44.4 Å². The Morgan fingerprint density at radius 3 is 2.62 bits per heavy atom. The molecule has 0 atom stereocenters. The molecule has 0 aliphatic heterocycles. The molecular weight excluding hydrogens is 304 g/mol. The van der Waals surface area contributed by atoms with Gasteiger partial charge in [0.05, 0.1) is 0 Å². The van der Waals surface area contributed by atoms with E-state index in [-0.39, 0.29) is 5.41 Å². The first-order valence-corrected chi connectivity index (χ1v) is 10.1. The molecule has 1 aromatic heterocycles. The summed E-state index contributed by atoms with van der Waals surface area (Å²) >= 11 is 1.39. The molecule has 1 saturated carbocycles. The maximum Gasteiger partial charge on any atom is 0.250 e. The predicted octanol–water partition coefficient (Wildman–Crippen LogP) is 2.76. The molecule has 0 bridgehead atoms. The quantitative estimate of drug-likeness (QED) is 0.649. The zero-order chi connectivity index (χ0) is 15.3. The van der Waals surface area contributed by atoms with Crippen molar-refractivity contribution in [2.24, 2.45) is 5.41 Å². The number of nitrogens with one attached hydrogen (secondary N) is 2. The van der Waals surface area contributed by atoms with Crippen molar-refractivity contribution in [1.82, 2.24) is 10.0 Å². The number of sulfonamides is 1. The van der Waals surface area contributed by atoms with Crippen LogP contribution in [0.15, 0.2) is 16.3 Å². The molecule has 1 aliphatic rings. The van der Waals surface area contributed by atoms with Gasteiger partial charge in [0, 0.05) is 11.4 Å². The normalized spacial score (nSPS) is 17.0. The van der Waals surface area contributed by atoms with Crippen LogP contribution in [0.2, 0.25) is 0 Å². The number of thiophene rings is 1. The van der Waals surface area contributed by atoms with Gasteiger partial charge in [-0.2, -0.15) is 0 Å². The van der Waals surface area contributed by atoms with Crippen molar-refractivity contribution in [3.8, 4) is 0 Å². The number of hydrogen-bond acceptors (Lipinski definition) is 4. The Kier molecular flexibility index (Phi) is 5.82. The highest BCUT2D eigenvalue weighted by molar-refractivity contribution is 7.91. The highest BCUT2D eigenvalue weighted by Crippen LogP contribution is 2.48. The Morgan fingerprint density at radius 2 is 2.00 bits per heavy atom. The first kappa shape index (κ1) is 16.9. The van der Waals surface area contributed by atoms with Crippen molar-refractivity contribution in [2.45, 2.75) is 50.2 Å². The molecule has 0 spiro atoms. The smallest absolute Gasteiger partial charge is 0.250 e. The van der Waals surface area contributed by atoms with Crippen molar-refractivity contribution >= 4 is 21.4 Å². The molecule has 0 aromatic carbocycles. The molecule has 2 rings (SSSR count). The first-order chi connectivity index (χ1) is 10.0. The molecule has 1 heterocycles. The Hall–Kier alpha value is -0.430. The molecule has 1 aliphatic carbocycles. The Labute approximate surface area is 132 Å². The lowest BCUT2D eigenvalue weighted by Gasteiger charge is -2.12. The van der Waals surface area contributed by atoms with Crippen LogP contribution in [0.4, 0.5) is 0 Å². The second-order valence-electron chi connectivity index (χ2n) is 5.90. The Balaban J connectivity index is 1.86. The number of hydrogen-bond donors (Lipinski definition) is 2. The molecule has 1 fully saturated rings. The predicted molar refractivity (Wildman–Crippen MR) is 88.3 cm³/mol. The van der Waals surface area contributed by atoms with Crippen LogP contribution in [0, 0.1) is 5.41 Å². The van der Waals surface area contributed by atoms with Crippen LogP contribution >= 0.6 is 11.3 Å². The van der Waals surface area contributed by atoms with E-state index in [4.69, 9.17) is 0 Å². The molecule has 120 valence electrons. The summed E-state index contributed by atoms with van der Waals surface area (Å²) in [4.78, 5) is 1.12. The van der Waals surface area contributed by atoms with Crippen LogP contribution < -0.4 is 10.0 Å². The van der Waals surface area contributed by atoms with Gasteiger partial charge in [-0.05, 0) is 62.7 Å². The molecule has 0 unspecified atom stereocenters. The lowest BCUT2D eigenvalue weighted by atomic mass is 10.1. The monoisotopic (exact) mass is 330 g/mol. The molecule has 0 radical (unpaired) electrons. The molecule has 0 saturated heterocycles. The summed E-state index contributed by atoms with van der Waals surface area (Å²) in [5, 5.41) is 3.33. The van der Waals surface area contributed by atoms with Gasteiger partial charge in [0.2, 0.25) is 10.0 Å². The third-order valence-corrected chi connectivity index (χ3v) is 7.26. The molecule has 21 heavy (non-hydrogen) atoms. The van der Waals surface area contributed by atoms with E-state index in [1.807, 2.05) is 6.07 Å². The van der Waals surface area contributed by atoms with Gasteiger partial charge in [0.1, 0.15) is 4.21 Å². The van der Waals surface area contributed by atoms with Crippen LogP contribution in [-0.4, -0.2) is 28.1 Å². The molecule has 4 nitrogen and oxygen atoms in total. The Bertz CT molecular complexity index is 548. The summed E-state index contributed by atoms with van der Waals surface area (Å²) in [6.07, 6.45) is 5.34. The van der Waals surface area contributed by atoms with E-state index in [0.29, 0.717) is 10.8 Å². The van der Waals surface area contributed by atoms with Crippen molar-refractivity contribution in [2.75, 3.05) is 19.6 Å². The van der Waals surface area contributed by atoms with Crippen LogP contribution in [0.3, 0.4) is 0 Å². The summed E-state index contributed by atoms with van der Waals surface area (Å²) in [6, 6.07) is 3.66. The molecular formula is C15H26N2O2S2. The maximum atomic E-state index is 12.3. The fourth-order valence-corrected chi connectivity index (χ4v) is 4.86. The van der Waals surface area contributed by atoms with E-state index in [9.17, 15) is 8.42 Å². The van der Waals surface area contributed by atoms with Crippen molar-refractivity contribution in [1.29, 1.82) is 0 Å². The van der Waals surface area contributed by atoms with E-state index in [2.05, 4.69) is 23.9 Å². The van der Waals surface area contributed by atoms with Gasteiger partial charge in [0.25, 0.3) is 0 Å². The highest BCUT2D eigenvalue weighted by atomic mass is 32.2. The third-order valence-electron chi connectivity index (χ3n) is 4.22. The van der Waals surface area contributed by atoms with E-state index in [1.54, 1.807) is 6.07 Å². The fourth-order valence-electron chi connectivity index (χ4n) is 2.30. The van der Waals surface area contributed by atoms with Gasteiger partial charge in [0.15, 0.2) is 0 Å². The van der Waals surface area contributed by atoms with E-state index in [0.717, 1.165) is 50.1 Å². The summed E-state index contributed by atoms with van der Waals surface area (Å²) in [5.41, 5.74) is 0.233. The molecule has 6 heteroatoms. The highest BCUT2D eigenvalue weighted by Gasteiger charge is 2.41. The van der Waals surface area contributed by atoms with Crippen LogP contribution in [0.25, 0.3) is 0 Å². The van der Waals surface area contributed by atoms with Crippen molar-refractivity contribution in [3.05, 3.63) is 17.0 Å². The second kappa shape index (κ2) is 7.22. The largest absolute Gasteiger partial charge is 0.316 e. The van der Waals surface area contributed by atoms with Crippen LogP contribution in [-0.2, 0) is 16.4 Å².